The number of hydrogen-bond donors (Lipinski definition) is 0. The minimum atomic E-state index is -2.59. The van der Waals surface area contributed by atoms with Crippen LogP contribution in [0, 0.1) is 5.92 Å². The van der Waals surface area contributed by atoms with Gasteiger partial charge >= 0.3 is 0 Å². The predicted molar refractivity (Wildman–Crippen MR) is 99.1 cm³/mol. The molecule has 2 aliphatic rings. The van der Waals surface area contributed by atoms with E-state index in [9.17, 15) is 13.6 Å². The molecule has 1 unspecified atom stereocenters. The molecule has 5 nitrogen and oxygen atoms in total. The van der Waals surface area contributed by atoms with Gasteiger partial charge in [0.2, 0.25) is 0 Å². The summed E-state index contributed by atoms with van der Waals surface area (Å²) in [6, 6.07) is 6.93. The first-order chi connectivity index (χ1) is 13.1. The van der Waals surface area contributed by atoms with Crippen molar-refractivity contribution in [3.8, 4) is 0 Å². The minimum absolute atomic E-state index is 0.0797. The summed E-state index contributed by atoms with van der Waals surface area (Å²) in [6.45, 7) is 2.79. The first-order valence-electron chi connectivity index (χ1n) is 9.73. The van der Waals surface area contributed by atoms with Gasteiger partial charge in [-0.25, -0.2) is 13.8 Å². The van der Waals surface area contributed by atoms with Gasteiger partial charge in [0.1, 0.15) is 5.82 Å². The summed E-state index contributed by atoms with van der Waals surface area (Å²) in [5.41, 5.74) is 0.217. The molecule has 1 aromatic carbocycles. The number of likely N-dealkylation sites (tertiary alicyclic amines) is 1. The van der Waals surface area contributed by atoms with Gasteiger partial charge < -0.3 is 4.74 Å². The minimum Gasteiger partial charge on any atom is -0.381 e. The zero-order valence-corrected chi connectivity index (χ0v) is 15.3. The fraction of sp³-hybridized carbons (Fsp3) is 0.600. The van der Waals surface area contributed by atoms with Crippen molar-refractivity contribution < 1.29 is 13.5 Å². The maximum atomic E-state index is 13.2. The van der Waals surface area contributed by atoms with Crippen molar-refractivity contribution in [2.24, 2.45) is 5.92 Å². The zero-order chi connectivity index (χ0) is 18.8. The summed E-state index contributed by atoms with van der Waals surface area (Å²) in [5.74, 6) is 1.04. The Morgan fingerprint density at radius 3 is 2.74 bits per heavy atom. The number of fused-ring (bicyclic) bond motifs is 1. The number of halogens is 2. The monoisotopic (exact) mass is 377 g/mol. The van der Waals surface area contributed by atoms with Gasteiger partial charge in [-0.1, -0.05) is 12.1 Å². The van der Waals surface area contributed by atoms with Gasteiger partial charge in [0.25, 0.3) is 12.0 Å². The highest BCUT2D eigenvalue weighted by molar-refractivity contribution is 5.77. The summed E-state index contributed by atoms with van der Waals surface area (Å²) in [7, 11) is 0. The van der Waals surface area contributed by atoms with E-state index >= 15 is 0 Å². The Hall–Kier alpha value is -1.86. The van der Waals surface area contributed by atoms with E-state index in [1.807, 2.05) is 6.07 Å². The average molecular weight is 377 g/mol. The smallest absolute Gasteiger partial charge is 0.261 e. The molecule has 1 aromatic heterocycles. The van der Waals surface area contributed by atoms with E-state index in [0.29, 0.717) is 22.6 Å². The Kier molecular flexibility index (Phi) is 5.50. The van der Waals surface area contributed by atoms with Gasteiger partial charge in [0, 0.05) is 19.8 Å². The van der Waals surface area contributed by atoms with Crippen LogP contribution in [0.15, 0.2) is 29.1 Å². The van der Waals surface area contributed by atoms with Crippen LogP contribution in [0.1, 0.15) is 37.5 Å². The van der Waals surface area contributed by atoms with Crippen LogP contribution in [0.2, 0.25) is 0 Å². The van der Waals surface area contributed by atoms with Crippen molar-refractivity contribution >= 4 is 10.9 Å². The van der Waals surface area contributed by atoms with E-state index in [1.54, 1.807) is 18.2 Å². The van der Waals surface area contributed by atoms with Crippen LogP contribution in [0.4, 0.5) is 8.78 Å². The fourth-order valence-electron chi connectivity index (χ4n) is 4.35. The Labute approximate surface area is 156 Å². The van der Waals surface area contributed by atoms with Crippen LogP contribution in [-0.2, 0) is 11.3 Å². The first-order valence-corrected chi connectivity index (χ1v) is 9.73. The van der Waals surface area contributed by atoms with Crippen molar-refractivity contribution in [3.63, 3.8) is 0 Å². The summed E-state index contributed by atoms with van der Waals surface area (Å²) >= 11 is 0. The van der Waals surface area contributed by atoms with Crippen LogP contribution >= 0.6 is 0 Å². The van der Waals surface area contributed by atoms with Crippen molar-refractivity contribution in [2.45, 2.75) is 44.7 Å². The number of benzene rings is 1. The molecule has 146 valence electrons. The van der Waals surface area contributed by atoms with Gasteiger partial charge in [0.05, 0.1) is 23.5 Å². The van der Waals surface area contributed by atoms with E-state index in [2.05, 4.69) is 9.88 Å². The second-order valence-corrected chi connectivity index (χ2v) is 7.50. The maximum Gasteiger partial charge on any atom is 0.261 e. The molecular weight excluding hydrogens is 352 g/mol. The molecule has 0 N–H and O–H groups in total. The molecule has 0 bridgehead atoms. The molecule has 7 heteroatoms. The lowest BCUT2D eigenvalue weighted by molar-refractivity contribution is 0.0494. The number of hydrogen-bond acceptors (Lipinski definition) is 4. The van der Waals surface area contributed by atoms with Gasteiger partial charge in [-0.05, 0) is 50.3 Å². The molecule has 0 saturated carbocycles. The first kappa shape index (κ1) is 18.5. The number of nitrogens with zero attached hydrogens (tertiary/aromatic N) is 3. The highest BCUT2D eigenvalue weighted by atomic mass is 19.3. The SMILES string of the molecule is O=c1c2ccccc2nc(C2CCCN2CC2CCOCC2)n1CC(F)F. The second kappa shape index (κ2) is 8.02. The molecule has 0 aliphatic carbocycles. The standard InChI is InChI=1S/C20H25F2N3O2/c21-18(22)13-25-19(23-16-5-2-1-4-15(16)20(25)26)17-6-3-9-24(17)12-14-7-10-27-11-8-14/h1-2,4-5,14,17-18H,3,6-13H2. The number of aromatic nitrogens is 2. The van der Waals surface area contributed by atoms with Crippen molar-refractivity contribution in [3.05, 3.63) is 40.4 Å². The van der Waals surface area contributed by atoms with Crippen LogP contribution in [0.5, 0.6) is 0 Å². The van der Waals surface area contributed by atoms with Crippen molar-refractivity contribution in [1.29, 1.82) is 0 Å². The van der Waals surface area contributed by atoms with E-state index in [4.69, 9.17) is 4.74 Å². The fourth-order valence-corrected chi connectivity index (χ4v) is 4.35. The third-order valence-electron chi connectivity index (χ3n) is 5.71. The Bertz CT molecular complexity index is 849. The third kappa shape index (κ3) is 3.89. The number of ether oxygens (including phenoxy) is 1. The highest BCUT2D eigenvalue weighted by Crippen LogP contribution is 2.33. The Morgan fingerprint density at radius 1 is 1.19 bits per heavy atom. The predicted octanol–water partition coefficient (Wildman–Crippen LogP) is 3.23. The summed E-state index contributed by atoms with van der Waals surface area (Å²) < 4.78 is 33.1. The molecule has 2 fully saturated rings. The molecule has 4 rings (SSSR count). The third-order valence-corrected chi connectivity index (χ3v) is 5.71. The molecule has 27 heavy (non-hydrogen) atoms. The molecule has 0 radical (unpaired) electrons. The van der Waals surface area contributed by atoms with Crippen molar-refractivity contribution in [2.75, 3.05) is 26.3 Å². The molecule has 2 aliphatic heterocycles. The number of rotatable bonds is 5. The van der Waals surface area contributed by atoms with Gasteiger partial charge in [-0.15, -0.1) is 0 Å². The number of alkyl halides is 2. The van der Waals surface area contributed by atoms with Gasteiger partial charge in [0.15, 0.2) is 0 Å². The van der Waals surface area contributed by atoms with Crippen LogP contribution < -0.4 is 5.56 Å². The zero-order valence-electron chi connectivity index (χ0n) is 15.3. The maximum absolute atomic E-state index is 13.2. The van der Waals surface area contributed by atoms with Crippen LogP contribution in [0.3, 0.4) is 0 Å². The lowest BCUT2D eigenvalue weighted by Gasteiger charge is -2.31. The Balaban J connectivity index is 1.70. The summed E-state index contributed by atoms with van der Waals surface area (Å²) in [5, 5.41) is 0.399. The van der Waals surface area contributed by atoms with Gasteiger partial charge in [-0.2, -0.15) is 0 Å². The molecule has 0 amide bonds. The Morgan fingerprint density at radius 2 is 1.96 bits per heavy atom. The van der Waals surface area contributed by atoms with Crippen LogP contribution in [-0.4, -0.2) is 47.2 Å². The second-order valence-electron chi connectivity index (χ2n) is 7.50. The molecule has 3 heterocycles. The van der Waals surface area contributed by atoms with Gasteiger partial charge in [-0.3, -0.25) is 14.3 Å². The molecule has 2 saturated heterocycles. The largest absolute Gasteiger partial charge is 0.381 e. The molecular formula is C20H25F2N3O2. The normalized spacial score (nSPS) is 22.1. The number of para-hydroxylation sites is 1. The van der Waals surface area contributed by atoms with E-state index in [1.165, 1.54) is 4.57 Å². The van der Waals surface area contributed by atoms with E-state index in [0.717, 1.165) is 52.0 Å². The highest BCUT2D eigenvalue weighted by Gasteiger charge is 2.32. The molecule has 1 atom stereocenters. The van der Waals surface area contributed by atoms with Crippen molar-refractivity contribution in [1.82, 2.24) is 14.5 Å². The molecule has 2 aromatic rings. The summed E-state index contributed by atoms with van der Waals surface area (Å²) in [4.78, 5) is 19.9. The lowest BCUT2D eigenvalue weighted by atomic mass is 9.99. The van der Waals surface area contributed by atoms with E-state index in [-0.39, 0.29) is 11.6 Å². The molecule has 0 spiro atoms. The topological polar surface area (TPSA) is 47.4 Å². The lowest BCUT2D eigenvalue weighted by Crippen LogP contribution is -2.36. The van der Waals surface area contributed by atoms with Crippen LogP contribution in [0.25, 0.3) is 10.9 Å². The summed E-state index contributed by atoms with van der Waals surface area (Å²) in [6.07, 6.45) is 1.30. The average Bonchev–Trinajstić information content (AvgIpc) is 3.12. The van der Waals surface area contributed by atoms with E-state index < -0.39 is 13.0 Å². The quantitative estimate of drug-likeness (QED) is 0.803.